The zero-order valence-corrected chi connectivity index (χ0v) is 5.15. The molecule has 0 spiro atoms. The number of rotatable bonds is 3. The number of nitrogens with two attached hydrogens (primary N) is 2. The van der Waals surface area contributed by atoms with E-state index in [9.17, 15) is 4.39 Å². The maximum atomic E-state index is 11.5. The van der Waals surface area contributed by atoms with Crippen molar-refractivity contribution in [1.82, 2.24) is 0 Å². The quantitative estimate of drug-likeness (QED) is 0.551. The second kappa shape index (κ2) is 2.99. The summed E-state index contributed by atoms with van der Waals surface area (Å²) in [6.45, 7) is 1.70. The van der Waals surface area contributed by atoms with E-state index in [0.717, 1.165) is 0 Å². The van der Waals surface area contributed by atoms with Crippen LogP contribution in [-0.2, 0) is 0 Å². The van der Waals surface area contributed by atoms with E-state index in [-0.39, 0.29) is 6.67 Å². The lowest BCUT2D eigenvalue weighted by Crippen LogP contribution is -2.44. The lowest BCUT2D eigenvalue weighted by atomic mass is 10.0. The molecule has 0 saturated heterocycles. The second-order valence-electron chi connectivity index (χ2n) is 2.30. The Morgan fingerprint density at radius 1 is 1.62 bits per heavy atom. The van der Waals surface area contributed by atoms with Crippen LogP contribution in [0.4, 0.5) is 4.39 Å². The van der Waals surface area contributed by atoms with E-state index in [1.807, 2.05) is 0 Å². The van der Waals surface area contributed by atoms with Gasteiger partial charge < -0.3 is 11.5 Å². The molecule has 0 heterocycles. The van der Waals surface area contributed by atoms with Crippen LogP contribution < -0.4 is 11.5 Å². The fourth-order valence-electron chi connectivity index (χ4n) is 0.318. The molecule has 8 heavy (non-hydrogen) atoms. The number of halogens is 1. The van der Waals surface area contributed by atoms with Gasteiger partial charge in [0.15, 0.2) is 0 Å². The van der Waals surface area contributed by atoms with Crippen LogP contribution in [0.3, 0.4) is 0 Å². The molecule has 2 nitrogen and oxygen atoms in total. The standard InChI is InChI=1S/C5H13FN2/c1-5(8,4-7)2-3-6/h2-4,7-8H2,1H3. The Balaban J connectivity index is 3.37. The maximum Gasteiger partial charge on any atom is 0.0912 e. The summed E-state index contributed by atoms with van der Waals surface area (Å²) >= 11 is 0. The fraction of sp³-hybridized carbons (Fsp3) is 1.00. The molecule has 0 aliphatic rings. The molecule has 0 aromatic heterocycles. The summed E-state index contributed by atoms with van der Waals surface area (Å²) in [5.41, 5.74) is 10.2. The van der Waals surface area contributed by atoms with Crippen molar-refractivity contribution in [3.05, 3.63) is 0 Å². The van der Waals surface area contributed by atoms with Crippen molar-refractivity contribution in [2.24, 2.45) is 11.5 Å². The summed E-state index contributed by atoms with van der Waals surface area (Å²) in [4.78, 5) is 0. The van der Waals surface area contributed by atoms with Crippen molar-refractivity contribution in [2.75, 3.05) is 13.2 Å². The normalized spacial score (nSPS) is 18.0. The molecule has 0 aliphatic heterocycles. The largest absolute Gasteiger partial charge is 0.329 e. The van der Waals surface area contributed by atoms with Gasteiger partial charge in [-0.25, -0.2) is 0 Å². The van der Waals surface area contributed by atoms with E-state index < -0.39 is 5.54 Å². The van der Waals surface area contributed by atoms with E-state index in [1.54, 1.807) is 6.92 Å². The van der Waals surface area contributed by atoms with E-state index in [4.69, 9.17) is 11.5 Å². The minimum Gasteiger partial charge on any atom is -0.329 e. The monoisotopic (exact) mass is 120 g/mol. The molecule has 0 radical (unpaired) electrons. The third-order valence-corrected chi connectivity index (χ3v) is 1.13. The minimum atomic E-state index is -0.505. The van der Waals surface area contributed by atoms with Crippen molar-refractivity contribution in [3.8, 4) is 0 Å². The molecule has 0 bridgehead atoms. The molecule has 3 heteroatoms. The third-order valence-electron chi connectivity index (χ3n) is 1.13. The molecule has 0 aromatic rings. The fourth-order valence-corrected chi connectivity index (χ4v) is 0.318. The highest BCUT2D eigenvalue weighted by atomic mass is 19.1. The van der Waals surface area contributed by atoms with Crippen molar-refractivity contribution >= 4 is 0 Å². The molecule has 0 rings (SSSR count). The molecule has 50 valence electrons. The second-order valence-corrected chi connectivity index (χ2v) is 2.30. The van der Waals surface area contributed by atoms with Gasteiger partial charge in [-0.15, -0.1) is 0 Å². The summed E-state index contributed by atoms with van der Waals surface area (Å²) in [7, 11) is 0. The first-order valence-electron chi connectivity index (χ1n) is 2.67. The Bertz CT molecular complexity index is 63.4. The molecule has 0 aliphatic carbocycles. The van der Waals surface area contributed by atoms with Gasteiger partial charge in [0.25, 0.3) is 0 Å². The van der Waals surface area contributed by atoms with Gasteiger partial charge in [0.05, 0.1) is 6.67 Å². The van der Waals surface area contributed by atoms with Crippen LogP contribution in [0.1, 0.15) is 13.3 Å². The molecule has 0 aromatic carbocycles. The Morgan fingerprint density at radius 2 is 2.12 bits per heavy atom. The summed E-state index contributed by atoms with van der Waals surface area (Å²) in [6.07, 6.45) is 0.351. The van der Waals surface area contributed by atoms with Gasteiger partial charge in [-0.05, 0) is 13.3 Å². The zero-order chi connectivity index (χ0) is 6.62. The topological polar surface area (TPSA) is 52.0 Å². The Hall–Kier alpha value is -0.150. The summed E-state index contributed by atoms with van der Waals surface area (Å²) in [6, 6.07) is 0. The third kappa shape index (κ3) is 2.93. The van der Waals surface area contributed by atoms with E-state index >= 15 is 0 Å². The van der Waals surface area contributed by atoms with Crippen LogP contribution in [-0.4, -0.2) is 18.8 Å². The summed E-state index contributed by atoms with van der Waals surface area (Å²) < 4.78 is 11.5. The van der Waals surface area contributed by atoms with E-state index in [0.29, 0.717) is 13.0 Å². The molecular formula is C5H13FN2. The van der Waals surface area contributed by atoms with Crippen LogP contribution in [0.2, 0.25) is 0 Å². The van der Waals surface area contributed by atoms with E-state index in [2.05, 4.69) is 0 Å². The first-order chi connectivity index (χ1) is 3.62. The average molecular weight is 120 g/mol. The van der Waals surface area contributed by atoms with Crippen molar-refractivity contribution in [2.45, 2.75) is 18.9 Å². The van der Waals surface area contributed by atoms with Gasteiger partial charge in [-0.3, -0.25) is 4.39 Å². The number of hydrogen-bond acceptors (Lipinski definition) is 2. The first kappa shape index (κ1) is 7.85. The van der Waals surface area contributed by atoms with Gasteiger partial charge in [0, 0.05) is 12.1 Å². The highest BCUT2D eigenvalue weighted by molar-refractivity contribution is 4.78. The predicted molar refractivity (Wildman–Crippen MR) is 32.2 cm³/mol. The molecule has 1 atom stereocenters. The van der Waals surface area contributed by atoms with Gasteiger partial charge >= 0.3 is 0 Å². The average Bonchev–Trinajstić information content (AvgIpc) is 1.67. The predicted octanol–water partition coefficient (Wildman–Crippen LogP) is 0.0221. The minimum absolute atomic E-state index is 0.344. The summed E-state index contributed by atoms with van der Waals surface area (Å²) in [5.74, 6) is 0. The molecule has 1 unspecified atom stereocenters. The number of alkyl halides is 1. The van der Waals surface area contributed by atoms with Crippen LogP contribution in [0.15, 0.2) is 0 Å². The maximum absolute atomic E-state index is 11.5. The van der Waals surface area contributed by atoms with Crippen molar-refractivity contribution in [3.63, 3.8) is 0 Å². The lowest BCUT2D eigenvalue weighted by molar-refractivity contribution is 0.363. The SMILES string of the molecule is CC(N)(CN)CCF. The highest BCUT2D eigenvalue weighted by Crippen LogP contribution is 2.01. The zero-order valence-electron chi connectivity index (χ0n) is 5.15. The Kier molecular flexibility index (Phi) is 2.94. The molecule has 0 saturated carbocycles. The Labute approximate surface area is 49.0 Å². The van der Waals surface area contributed by atoms with Crippen molar-refractivity contribution < 1.29 is 4.39 Å². The van der Waals surface area contributed by atoms with Gasteiger partial charge in [0.2, 0.25) is 0 Å². The van der Waals surface area contributed by atoms with Gasteiger partial charge in [0.1, 0.15) is 0 Å². The number of hydrogen-bond donors (Lipinski definition) is 2. The summed E-state index contributed by atoms with van der Waals surface area (Å²) in [5, 5.41) is 0. The van der Waals surface area contributed by atoms with Crippen LogP contribution in [0.25, 0.3) is 0 Å². The molecular weight excluding hydrogens is 107 g/mol. The van der Waals surface area contributed by atoms with Crippen LogP contribution in [0.5, 0.6) is 0 Å². The lowest BCUT2D eigenvalue weighted by Gasteiger charge is -2.19. The van der Waals surface area contributed by atoms with Crippen LogP contribution in [0, 0.1) is 0 Å². The van der Waals surface area contributed by atoms with Crippen LogP contribution >= 0.6 is 0 Å². The molecule has 0 fully saturated rings. The van der Waals surface area contributed by atoms with Gasteiger partial charge in [-0.2, -0.15) is 0 Å². The van der Waals surface area contributed by atoms with Crippen molar-refractivity contribution in [1.29, 1.82) is 0 Å². The highest BCUT2D eigenvalue weighted by Gasteiger charge is 2.14. The Morgan fingerprint density at radius 3 is 2.25 bits per heavy atom. The first-order valence-corrected chi connectivity index (χ1v) is 2.67. The molecule has 4 N–H and O–H groups in total. The van der Waals surface area contributed by atoms with E-state index in [1.165, 1.54) is 0 Å². The van der Waals surface area contributed by atoms with Gasteiger partial charge in [-0.1, -0.05) is 0 Å². The smallest absolute Gasteiger partial charge is 0.0912 e. The molecule has 0 amide bonds.